The maximum Gasteiger partial charge on any atom is 0.150 e. The van der Waals surface area contributed by atoms with Gasteiger partial charge in [-0.3, -0.25) is 4.79 Å². The molecule has 1 aliphatic carbocycles. The van der Waals surface area contributed by atoms with E-state index in [1.165, 1.54) is 0 Å². The Kier molecular flexibility index (Phi) is 5.71. The highest BCUT2D eigenvalue weighted by Gasteiger charge is 2.09. The molecular formula is C13H18BrNO. The van der Waals surface area contributed by atoms with Gasteiger partial charge in [0.25, 0.3) is 0 Å². The van der Waals surface area contributed by atoms with Crippen LogP contribution in [0.2, 0.25) is 0 Å². The second kappa shape index (κ2) is 6.81. The van der Waals surface area contributed by atoms with E-state index in [4.69, 9.17) is 0 Å². The number of aldehydes is 1. The van der Waals surface area contributed by atoms with Crippen LogP contribution >= 0.6 is 15.9 Å². The van der Waals surface area contributed by atoms with Crippen molar-refractivity contribution in [2.24, 2.45) is 0 Å². The lowest BCUT2D eigenvalue weighted by molar-refractivity contribution is -0.104. The predicted octanol–water partition coefficient (Wildman–Crippen LogP) is 3.06. The van der Waals surface area contributed by atoms with Gasteiger partial charge < -0.3 is 4.90 Å². The second-order valence-electron chi connectivity index (χ2n) is 4.02. The molecule has 0 amide bonds. The van der Waals surface area contributed by atoms with E-state index in [0.717, 1.165) is 47.8 Å². The number of halogens is 1. The van der Waals surface area contributed by atoms with E-state index in [9.17, 15) is 4.79 Å². The Morgan fingerprint density at radius 1 is 1.50 bits per heavy atom. The average molecular weight is 284 g/mol. The highest BCUT2D eigenvalue weighted by Crippen LogP contribution is 2.21. The number of likely N-dealkylation sites (N-methyl/N-ethyl adjacent to an activating group) is 1. The fourth-order valence-corrected chi connectivity index (χ4v) is 2.01. The number of hydrogen-bond acceptors (Lipinski definition) is 2. The first-order valence-corrected chi connectivity index (χ1v) is 6.36. The lowest BCUT2D eigenvalue weighted by Crippen LogP contribution is -2.22. The number of hydrogen-bond donors (Lipinski definition) is 0. The van der Waals surface area contributed by atoms with Crippen LogP contribution in [0, 0.1) is 0 Å². The first-order valence-electron chi connectivity index (χ1n) is 5.56. The van der Waals surface area contributed by atoms with Gasteiger partial charge in [-0.2, -0.15) is 0 Å². The van der Waals surface area contributed by atoms with E-state index < -0.39 is 0 Å². The molecule has 0 aliphatic heterocycles. The van der Waals surface area contributed by atoms with E-state index in [1.807, 2.05) is 12.2 Å². The molecule has 0 heterocycles. The van der Waals surface area contributed by atoms with Crippen molar-refractivity contribution in [1.29, 1.82) is 0 Å². The van der Waals surface area contributed by atoms with Crippen LogP contribution in [0.15, 0.2) is 33.9 Å². The lowest BCUT2D eigenvalue weighted by atomic mass is 10.1. The number of nitrogens with zero attached hydrogens (tertiary/aromatic N) is 1. The zero-order valence-corrected chi connectivity index (χ0v) is 11.5. The molecule has 0 fully saturated rings. The van der Waals surface area contributed by atoms with Crippen molar-refractivity contribution in [2.75, 3.05) is 20.1 Å². The van der Waals surface area contributed by atoms with Gasteiger partial charge in [-0.1, -0.05) is 41.1 Å². The third-order valence-electron chi connectivity index (χ3n) is 2.53. The van der Waals surface area contributed by atoms with Gasteiger partial charge >= 0.3 is 0 Å². The zero-order chi connectivity index (χ0) is 12.0. The Balaban J connectivity index is 2.75. The van der Waals surface area contributed by atoms with E-state index in [2.05, 4.69) is 40.9 Å². The van der Waals surface area contributed by atoms with Crippen LogP contribution in [0.25, 0.3) is 0 Å². The van der Waals surface area contributed by atoms with Crippen molar-refractivity contribution in [2.45, 2.75) is 19.8 Å². The summed E-state index contributed by atoms with van der Waals surface area (Å²) in [6.45, 7) is 4.05. The summed E-state index contributed by atoms with van der Waals surface area (Å²) < 4.78 is 1.11. The molecule has 0 saturated carbocycles. The van der Waals surface area contributed by atoms with Gasteiger partial charge in [-0.25, -0.2) is 0 Å². The quantitative estimate of drug-likeness (QED) is 0.723. The molecule has 0 spiro atoms. The van der Waals surface area contributed by atoms with E-state index >= 15 is 0 Å². The summed E-state index contributed by atoms with van der Waals surface area (Å²) in [6, 6.07) is 0. The van der Waals surface area contributed by atoms with Gasteiger partial charge in [-0.15, -0.1) is 0 Å². The molecule has 0 radical (unpaired) electrons. The number of rotatable bonds is 5. The van der Waals surface area contributed by atoms with Gasteiger partial charge in [0.15, 0.2) is 0 Å². The van der Waals surface area contributed by atoms with Crippen LogP contribution < -0.4 is 0 Å². The third kappa shape index (κ3) is 4.06. The van der Waals surface area contributed by atoms with Crippen molar-refractivity contribution in [3.63, 3.8) is 0 Å². The van der Waals surface area contributed by atoms with Crippen LogP contribution in [0.5, 0.6) is 0 Å². The molecular weight excluding hydrogens is 266 g/mol. The Hall–Kier alpha value is -0.670. The Morgan fingerprint density at radius 2 is 2.25 bits per heavy atom. The summed E-state index contributed by atoms with van der Waals surface area (Å²) in [5, 5.41) is 0. The molecule has 0 aromatic heterocycles. The number of carbonyl (C=O) groups is 1. The summed E-state index contributed by atoms with van der Waals surface area (Å²) in [5.74, 6) is 0. The second-order valence-corrected chi connectivity index (χ2v) is 5.04. The predicted molar refractivity (Wildman–Crippen MR) is 71.6 cm³/mol. The lowest BCUT2D eigenvalue weighted by Gasteiger charge is -2.17. The highest BCUT2D eigenvalue weighted by atomic mass is 79.9. The molecule has 0 unspecified atom stereocenters. The molecule has 2 nitrogen and oxygen atoms in total. The molecule has 1 rings (SSSR count). The van der Waals surface area contributed by atoms with Crippen LogP contribution in [-0.4, -0.2) is 31.3 Å². The number of carbonyl (C=O) groups excluding carboxylic acids is 1. The minimum absolute atomic E-state index is 0.789. The van der Waals surface area contributed by atoms with Crippen molar-refractivity contribution < 1.29 is 4.79 Å². The van der Waals surface area contributed by atoms with Gasteiger partial charge in [0.1, 0.15) is 6.29 Å². The molecule has 16 heavy (non-hydrogen) atoms. The molecule has 0 atom stereocenters. The molecule has 0 N–H and O–H groups in total. The smallest absolute Gasteiger partial charge is 0.150 e. The SMILES string of the molecule is CCCN(C)CC1=CCC(Br)=CC=C1C=O. The van der Waals surface area contributed by atoms with Gasteiger partial charge in [0.2, 0.25) is 0 Å². The molecule has 1 aliphatic rings. The largest absolute Gasteiger partial charge is 0.302 e. The van der Waals surface area contributed by atoms with Crippen LogP contribution in [0.3, 0.4) is 0 Å². The van der Waals surface area contributed by atoms with Gasteiger partial charge in [0, 0.05) is 12.1 Å². The molecule has 0 saturated heterocycles. The normalized spacial score (nSPS) is 16.4. The van der Waals surface area contributed by atoms with Crippen molar-refractivity contribution in [1.82, 2.24) is 4.90 Å². The van der Waals surface area contributed by atoms with Crippen LogP contribution in [0.1, 0.15) is 19.8 Å². The summed E-state index contributed by atoms with van der Waals surface area (Å²) in [6.07, 6.45) is 8.89. The van der Waals surface area contributed by atoms with Crippen molar-refractivity contribution in [3.8, 4) is 0 Å². The Morgan fingerprint density at radius 3 is 2.88 bits per heavy atom. The monoisotopic (exact) mass is 283 g/mol. The number of allylic oxidation sites excluding steroid dienone is 4. The van der Waals surface area contributed by atoms with Crippen molar-refractivity contribution >= 4 is 22.2 Å². The summed E-state index contributed by atoms with van der Waals surface area (Å²) in [7, 11) is 2.08. The first kappa shape index (κ1) is 13.4. The van der Waals surface area contributed by atoms with E-state index in [-0.39, 0.29) is 0 Å². The first-order chi connectivity index (χ1) is 7.67. The molecule has 88 valence electrons. The fraction of sp³-hybridized carbons (Fsp3) is 0.462. The molecule has 3 heteroatoms. The Bertz CT molecular complexity index is 342. The summed E-state index contributed by atoms with van der Waals surface area (Å²) in [4.78, 5) is 13.2. The summed E-state index contributed by atoms with van der Waals surface area (Å²) >= 11 is 3.46. The zero-order valence-electron chi connectivity index (χ0n) is 9.87. The topological polar surface area (TPSA) is 20.3 Å². The molecule has 0 bridgehead atoms. The van der Waals surface area contributed by atoms with Crippen molar-refractivity contribution in [3.05, 3.63) is 33.9 Å². The van der Waals surface area contributed by atoms with E-state index in [1.54, 1.807) is 0 Å². The Labute approximate surface area is 106 Å². The van der Waals surface area contributed by atoms with Crippen LogP contribution in [0.4, 0.5) is 0 Å². The standard InChI is InChI=1S/C13H18BrNO/c1-3-8-15(2)9-11-4-6-13(14)7-5-12(11)10-16/h4-5,7,10H,3,6,8-9H2,1-2H3. The van der Waals surface area contributed by atoms with Crippen LogP contribution in [-0.2, 0) is 4.79 Å². The minimum atomic E-state index is 0.789. The third-order valence-corrected chi connectivity index (χ3v) is 3.12. The molecule has 0 aromatic rings. The maximum absolute atomic E-state index is 11.0. The summed E-state index contributed by atoms with van der Waals surface area (Å²) in [5.41, 5.74) is 1.91. The van der Waals surface area contributed by atoms with E-state index in [0.29, 0.717) is 0 Å². The van der Waals surface area contributed by atoms with Gasteiger partial charge in [0.05, 0.1) is 0 Å². The highest BCUT2D eigenvalue weighted by molar-refractivity contribution is 9.11. The maximum atomic E-state index is 11.0. The average Bonchev–Trinajstić information content (AvgIpc) is 2.42. The minimum Gasteiger partial charge on any atom is -0.302 e. The molecule has 0 aromatic carbocycles. The van der Waals surface area contributed by atoms with Gasteiger partial charge in [-0.05, 0) is 36.5 Å². The fourth-order valence-electron chi connectivity index (χ4n) is 1.72.